The van der Waals surface area contributed by atoms with Crippen LogP contribution in [-0.2, 0) is 11.2 Å². The molecule has 1 saturated carbocycles. The highest BCUT2D eigenvalue weighted by Gasteiger charge is 2.39. The maximum absolute atomic E-state index is 14.7. The van der Waals surface area contributed by atoms with Crippen LogP contribution in [0.15, 0.2) is 46.3 Å². The van der Waals surface area contributed by atoms with Crippen LogP contribution in [-0.4, -0.2) is 52.6 Å². The number of nitrogens with zero attached hydrogens (tertiary/aromatic N) is 4. The number of anilines is 2. The van der Waals surface area contributed by atoms with Crippen molar-refractivity contribution in [2.45, 2.75) is 43.1 Å². The predicted molar refractivity (Wildman–Crippen MR) is 148 cm³/mol. The van der Waals surface area contributed by atoms with Crippen molar-refractivity contribution in [3.63, 3.8) is 0 Å². The van der Waals surface area contributed by atoms with E-state index < -0.39 is 0 Å². The Morgan fingerprint density at radius 1 is 1.13 bits per heavy atom. The zero-order chi connectivity index (χ0) is 26.5. The van der Waals surface area contributed by atoms with Crippen LogP contribution in [0, 0.1) is 23.6 Å². The lowest BCUT2D eigenvalue weighted by Gasteiger charge is -2.41. The normalized spacial score (nSPS) is 23.3. The molecule has 0 radical (unpaired) electrons. The van der Waals surface area contributed by atoms with E-state index in [-0.39, 0.29) is 23.8 Å². The largest absolute Gasteiger partial charge is 0.489 e. The minimum Gasteiger partial charge on any atom is -0.489 e. The van der Waals surface area contributed by atoms with Crippen LogP contribution in [0.5, 0.6) is 11.6 Å². The number of thioether (sulfide) groups is 1. The molecule has 8 nitrogen and oxygen atoms in total. The lowest BCUT2D eigenvalue weighted by atomic mass is 9.75. The van der Waals surface area contributed by atoms with Gasteiger partial charge in [0.15, 0.2) is 5.82 Å². The lowest BCUT2D eigenvalue weighted by molar-refractivity contribution is -0.0852. The van der Waals surface area contributed by atoms with Crippen LogP contribution < -0.4 is 14.8 Å². The number of hydrogen-bond acceptors (Lipinski definition) is 9. The third-order valence-corrected chi connectivity index (χ3v) is 8.35. The van der Waals surface area contributed by atoms with Crippen molar-refractivity contribution in [2.24, 2.45) is 17.8 Å². The number of hydrogen-bond donors (Lipinski definition) is 1. The fourth-order valence-corrected chi connectivity index (χ4v) is 6.02. The SMILES string of the molecule is COc1c(Nc2ccc(SC)cc2F)ncnc1OC1C2CCCC(Cc3ncc(Br)cn3)CC1COC2. The van der Waals surface area contributed by atoms with Crippen LogP contribution in [0.3, 0.4) is 0 Å². The zero-order valence-corrected chi connectivity index (χ0v) is 23.8. The second-order valence-corrected chi connectivity index (χ2v) is 11.5. The topological polar surface area (TPSA) is 91.3 Å². The van der Waals surface area contributed by atoms with Gasteiger partial charge in [-0.2, -0.15) is 4.98 Å². The van der Waals surface area contributed by atoms with Gasteiger partial charge in [-0.25, -0.2) is 19.3 Å². The first kappa shape index (κ1) is 27.1. The van der Waals surface area contributed by atoms with Gasteiger partial charge in [0, 0.05) is 35.5 Å². The van der Waals surface area contributed by atoms with E-state index in [4.69, 9.17) is 14.2 Å². The van der Waals surface area contributed by atoms with E-state index in [1.165, 1.54) is 24.2 Å². The molecule has 1 N–H and O–H groups in total. The Bertz CT molecular complexity index is 1240. The van der Waals surface area contributed by atoms with Crippen LogP contribution in [0.4, 0.5) is 15.9 Å². The van der Waals surface area contributed by atoms with Crippen molar-refractivity contribution < 1.29 is 18.6 Å². The quantitative estimate of drug-likeness (QED) is 0.307. The predicted octanol–water partition coefficient (Wildman–Crippen LogP) is 6.09. The Kier molecular flexibility index (Phi) is 8.96. The van der Waals surface area contributed by atoms with Crippen molar-refractivity contribution in [3.8, 4) is 11.6 Å². The molecule has 202 valence electrons. The molecule has 1 aromatic carbocycles. The van der Waals surface area contributed by atoms with Gasteiger partial charge in [0.2, 0.25) is 5.75 Å². The molecule has 2 fully saturated rings. The number of nitrogens with one attached hydrogen (secondary N) is 1. The first-order valence-corrected chi connectivity index (χ1v) is 14.8. The van der Waals surface area contributed by atoms with Crippen LogP contribution in [0.1, 0.15) is 31.5 Å². The van der Waals surface area contributed by atoms with E-state index >= 15 is 0 Å². The molecule has 1 aliphatic heterocycles. The smallest absolute Gasteiger partial charge is 0.262 e. The summed E-state index contributed by atoms with van der Waals surface area (Å²) < 4.78 is 33.8. The fraction of sp³-hybridized carbons (Fsp3) is 0.481. The Hall–Kier alpha value is -2.50. The molecular formula is C27H31BrFN5O3S. The number of methoxy groups -OCH3 is 1. The molecule has 1 aliphatic carbocycles. The molecule has 4 unspecified atom stereocenters. The molecule has 0 amide bonds. The summed E-state index contributed by atoms with van der Waals surface area (Å²) in [7, 11) is 1.54. The van der Waals surface area contributed by atoms with Gasteiger partial charge in [-0.1, -0.05) is 6.42 Å². The summed E-state index contributed by atoms with van der Waals surface area (Å²) in [4.78, 5) is 18.5. The van der Waals surface area contributed by atoms with Crippen molar-refractivity contribution >= 4 is 39.2 Å². The van der Waals surface area contributed by atoms with Crippen LogP contribution in [0.2, 0.25) is 0 Å². The molecule has 2 aromatic heterocycles. The number of halogens is 2. The average Bonchev–Trinajstić information content (AvgIpc) is 2.92. The summed E-state index contributed by atoms with van der Waals surface area (Å²) in [5, 5.41) is 3.05. The maximum atomic E-state index is 14.7. The highest BCUT2D eigenvalue weighted by molar-refractivity contribution is 9.10. The number of rotatable bonds is 8. The Labute approximate surface area is 234 Å². The second-order valence-electron chi connectivity index (χ2n) is 9.73. The van der Waals surface area contributed by atoms with Gasteiger partial charge >= 0.3 is 0 Å². The van der Waals surface area contributed by atoms with E-state index in [2.05, 4.69) is 41.2 Å². The standard InChI is InChI=1S/C27H31BrFN5O3S/c1-35-25-26(34-22-7-6-20(38-2)10-21(22)29)32-15-33-27(25)37-24-17-5-3-4-16(8-18(24)14-36-13-17)9-23-30-11-19(28)12-31-23/h6-7,10-12,15-18,24H,3-5,8-9,13-14H2,1-2H3,(H,32,33,34). The molecule has 38 heavy (non-hydrogen) atoms. The highest BCUT2D eigenvalue weighted by atomic mass is 79.9. The van der Waals surface area contributed by atoms with Crippen molar-refractivity contribution in [1.29, 1.82) is 0 Å². The summed E-state index contributed by atoms with van der Waals surface area (Å²) >= 11 is 4.89. The van der Waals surface area contributed by atoms with E-state index in [9.17, 15) is 4.39 Å². The number of aromatic nitrogens is 4. The average molecular weight is 605 g/mol. The van der Waals surface area contributed by atoms with Crippen LogP contribution in [0.25, 0.3) is 0 Å². The maximum Gasteiger partial charge on any atom is 0.262 e. The molecular weight excluding hydrogens is 573 g/mol. The second kappa shape index (κ2) is 12.6. The van der Waals surface area contributed by atoms with Gasteiger partial charge in [-0.15, -0.1) is 11.8 Å². The van der Waals surface area contributed by atoms with E-state index in [0.717, 1.165) is 47.3 Å². The molecule has 4 atom stereocenters. The minimum atomic E-state index is -0.368. The van der Waals surface area contributed by atoms with Gasteiger partial charge in [-0.3, -0.25) is 0 Å². The van der Waals surface area contributed by atoms with Gasteiger partial charge in [0.25, 0.3) is 5.88 Å². The molecule has 3 aromatic rings. The van der Waals surface area contributed by atoms with Crippen molar-refractivity contribution in [2.75, 3.05) is 31.9 Å². The van der Waals surface area contributed by atoms with E-state index in [1.807, 2.05) is 12.3 Å². The third-order valence-electron chi connectivity index (χ3n) is 7.21. The first-order chi connectivity index (χ1) is 18.5. The molecule has 2 bridgehead atoms. The monoisotopic (exact) mass is 603 g/mol. The van der Waals surface area contributed by atoms with Crippen molar-refractivity contribution in [3.05, 3.63) is 53.0 Å². The zero-order valence-electron chi connectivity index (χ0n) is 21.4. The number of benzene rings is 1. The number of fused-ring (bicyclic) bond motifs is 2. The first-order valence-electron chi connectivity index (χ1n) is 12.7. The Morgan fingerprint density at radius 3 is 2.71 bits per heavy atom. The summed E-state index contributed by atoms with van der Waals surface area (Å²) in [6, 6.07) is 5.03. The summed E-state index contributed by atoms with van der Waals surface area (Å²) in [6.07, 6.45) is 11.8. The molecule has 5 rings (SSSR count). The van der Waals surface area contributed by atoms with E-state index in [1.54, 1.807) is 25.6 Å². The summed E-state index contributed by atoms with van der Waals surface area (Å²) in [5.74, 6) is 2.43. The Balaban J connectivity index is 1.35. The van der Waals surface area contributed by atoms with Gasteiger partial charge < -0.3 is 19.5 Å². The minimum absolute atomic E-state index is 0.0772. The van der Waals surface area contributed by atoms with Gasteiger partial charge in [0.05, 0.1) is 30.5 Å². The van der Waals surface area contributed by atoms with Crippen molar-refractivity contribution in [1.82, 2.24) is 19.9 Å². The summed E-state index contributed by atoms with van der Waals surface area (Å²) in [5.41, 5.74) is 0.306. The number of ether oxygens (including phenoxy) is 3. The molecule has 11 heteroatoms. The lowest BCUT2D eigenvalue weighted by Crippen LogP contribution is -2.46. The van der Waals surface area contributed by atoms with Gasteiger partial charge in [-0.05, 0) is 65.6 Å². The highest BCUT2D eigenvalue weighted by Crippen LogP contribution is 2.40. The molecule has 3 heterocycles. The molecule has 2 aliphatic rings. The third kappa shape index (κ3) is 6.38. The summed E-state index contributed by atoms with van der Waals surface area (Å²) in [6.45, 7) is 1.29. The van der Waals surface area contributed by atoms with E-state index in [0.29, 0.717) is 42.3 Å². The fourth-order valence-electron chi connectivity index (χ4n) is 5.39. The molecule has 0 spiro atoms. The van der Waals surface area contributed by atoms with Crippen LogP contribution >= 0.6 is 27.7 Å². The Morgan fingerprint density at radius 2 is 1.95 bits per heavy atom. The molecule has 1 saturated heterocycles. The van der Waals surface area contributed by atoms with Gasteiger partial charge in [0.1, 0.15) is 24.1 Å².